The zero-order chi connectivity index (χ0) is 14.1. The average Bonchev–Trinajstić information content (AvgIpc) is 2.85. The molecule has 7 heteroatoms. The minimum atomic E-state index is -0.247. The van der Waals surface area contributed by atoms with E-state index in [-0.39, 0.29) is 25.5 Å². The zero-order valence-corrected chi connectivity index (χ0v) is 11.4. The van der Waals surface area contributed by atoms with E-state index in [1.807, 2.05) is 17.5 Å². The van der Waals surface area contributed by atoms with Gasteiger partial charge in [0.2, 0.25) is 0 Å². The number of ether oxygens (including phenoxy) is 1. The van der Waals surface area contributed by atoms with Crippen molar-refractivity contribution in [2.24, 2.45) is 0 Å². The number of esters is 1. The third-order valence-electron chi connectivity index (χ3n) is 2.22. The lowest BCUT2D eigenvalue weighted by Crippen LogP contribution is -2.23. The number of carbonyl (C=O) groups is 1. The van der Waals surface area contributed by atoms with Crippen molar-refractivity contribution in [1.29, 1.82) is 10.5 Å². The summed E-state index contributed by atoms with van der Waals surface area (Å²) in [5.74, 6) is -0.247. The molecule has 0 amide bonds. The first kappa shape index (κ1) is 14.9. The van der Waals surface area contributed by atoms with Crippen LogP contribution in [0.2, 0.25) is 0 Å². The second-order valence-electron chi connectivity index (χ2n) is 3.60. The molecule has 0 spiro atoms. The third kappa shape index (κ3) is 4.94. The Balaban J connectivity index is 2.58. The van der Waals surface area contributed by atoms with Crippen molar-refractivity contribution >= 4 is 22.4 Å². The van der Waals surface area contributed by atoms with Gasteiger partial charge in [-0.3, -0.25) is 4.79 Å². The number of nitrogens with zero attached hydrogens (tertiary/aromatic N) is 4. The summed E-state index contributed by atoms with van der Waals surface area (Å²) in [6.45, 7) is 2.39. The Morgan fingerprint density at radius 3 is 2.74 bits per heavy atom. The molecule has 0 aromatic carbocycles. The van der Waals surface area contributed by atoms with Gasteiger partial charge in [0, 0.05) is 11.8 Å². The van der Waals surface area contributed by atoms with Crippen molar-refractivity contribution in [3.8, 4) is 12.1 Å². The fourth-order valence-corrected chi connectivity index (χ4v) is 2.24. The molecule has 100 valence electrons. The van der Waals surface area contributed by atoms with Gasteiger partial charge >= 0.3 is 5.97 Å². The van der Waals surface area contributed by atoms with Crippen LogP contribution in [0.5, 0.6) is 0 Å². The standard InChI is InChI=1S/C12H14N4O2S/c1-2-18-11(17)4-3-10-9-19-12(15-10)16(7-5-13)8-6-14/h9H,2-4,7-8H2,1H3. The van der Waals surface area contributed by atoms with Gasteiger partial charge in [-0.1, -0.05) is 0 Å². The summed E-state index contributed by atoms with van der Waals surface area (Å²) >= 11 is 1.36. The van der Waals surface area contributed by atoms with E-state index < -0.39 is 0 Å². The first-order chi connectivity index (χ1) is 9.21. The van der Waals surface area contributed by atoms with Crippen LogP contribution in [-0.4, -0.2) is 30.6 Å². The second-order valence-corrected chi connectivity index (χ2v) is 4.44. The molecule has 0 aliphatic rings. The number of nitriles is 2. The minimum Gasteiger partial charge on any atom is -0.466 e. The van der Waals surface area contributed by atoms with E-state index in [4.69, 9.17) is 15.3 Å². The number of hydrogen-bond donors (Lipinski definition) is 0. The molecule has 1 rings (SSSR count). The lowest BCUT2D eigenvalue weighted by molar-refractivity contribution is -0.143. The van der Waals surface area contributed by atoms with Crippen molar-refractivity contribution in [2.75, 3.05) is 24.6 Å². The van der Waals surface area contributed by atoms with Crippen LogP contribution in [0.25, 0.3) is 0 Å². The zero-order valence-electron chi connectivity index (χ0n) is 10.6. The Labute approximate surface area is 115 Å². The van der Waals surface area contributed by atoms with E-state index >= 15 is 0 Å². The number of rotatable bonds is 7. The predicted octanol–water partition coefficient (Wildman–Crippen LogP) is 1.49. The van der Waals surface area contributed by atoms with Crippen LogP contribution in [0.15, 0.2) is 5.38 Å². The summed E-state index contributed by atoms with van der Waals surface area (Å²) in [7, 11) is 0. The SMILES string of the molecule is CCOC(=O)CCc1csc(N(CC#N)CC#N)n1. The van der Waals surface area contributed by atoms with E-state index in [1.54, 1.807) is 11.8 Å². The maximum atomic E-state index is 11.2. The monoisotopic (exact) mass is 278 g/mol. The number of aromatic nitrogens is 1. The number of carbonyl (C=O) groups excluding carboxylic acids is 1. The number of hydrogen-bond acceptors (Lipinski definition) is 7. The molecule has 1 aromatic heterocycles. The smallest absolute Gasteiger partial charge is 0.306 e. The van der Waals surface area contributed by atoms with Gasteiger partial charge in [-0.2, -0.15) is 10.5 Å². The summed E-state index contributed by atoms with van der Waals surface area (Å²) in [6, 6.07) is 3.99. The molecule has 0 N–H and O–H groups in total. The van der Waals surface area contributed by atoms with Crippen LogP contribution in [0, 0.1) is 22.7 Å². The van der Waals surface area contributed by atoms with E-state index in [1.165, 1.54) is 11.3 Å². The summed E-state index contributed by atoms with van der Waals surface area (Å²) in [6.07, 6.45) is 0.787. The van der Waals surface area contributed by atoms with E-state index in [0.717, 1.165) is 5.69 Å². The van der Waals surface area contributed by atoms with Crippen molar-refractivity contribution < 1.29 is 9.53 Å². The van der Waals surface area contributed by atoms with E-state index in [0.29, 0.717) is 18.2 Å². The van der Waals surface area contributed by atoms with Crippen molar-refractivity contribution in [1.82, 2.24) is 4.98 Å². The quantitative estimate of drug-likeness (QED) is 0.554. The summed E-state index contributed by atoms with van der Waals surface area (Å²) in [5.41, 5.74) is 0.772. The Hall–Kier alpha value is -2.12. The topological polar surface area (TPSA) is 90.0 Å². The normalized spacial score (nSPS) is 9.42. The van der Waals surface area contributed by atoms with E-state index in [9.17, 15) is 4.79 Å². The Morgan fingerprint density at radius 1 is 1.47 bits per heavy atom. The Kier molecular flexibility index (Phi) is 6.34. The molecule has 0 aliphatic carbocycles. The molecule has 1 aromatic rings. The largest absolute Gasteiger partial charge is 0.466 e. The van der Waals surface area contributed by atoms with Crippen LogP contribution < -0.4 is 4.90 Å². The minimum absolute atomic E-state index is 0.123. The van der Waals surface area contributed by atoms with Gasteiger partial charge in [-0.05, 0) is 6.92 Å². The highest BCUT2D eigenvalue weighted by molar-refractivity contribution is 7.13. The lowest BCUT2D eigenvalue weighted by Gasteiger charge is -2.13. The van der Waals surface area contributed by atoms with Gasteiger partial charge in [0.15, 0.2) is 5.13 Å². The lowest BCUT2D eigenvalue weighted by atomic mass is 10.2. The van der Waals surface area contributed by atoms with Gasteiger partial charge in [0.25, 0.3) is 0 Å². The van der Waals surface area contributed by atoms with E-state index in [2.05, 4.69) is 4.98 Å². The Bertz CT molecular complexity index is 485. The van der Waals surface area contributed by atoms with Crippen molar-refractivity contribution in [3.05, 3.63) is 11.1 Å². The van der Waals surface area contributed by atoms with Gasteiger partial charge in [0.05, 0.1) is 30.9 Å². The average molecular weight is 278 g/mol. The predicted molar refractivity (Wildman–Crippen MR) is 70.5 cm³/mol. The maximum absolute atomic E-state index is 11.2. The molecule has 0 saturated heterocycles. The molecule has 0 bridgehead atoms. The van der Waals surface area contributed by atoms with Crippen molar-refractivity contribution in [2.45, 2.75) is 19.8 Å². The van der Waals surface area contributed by atoms with Crippen LogP contribution in [0.4, 0.5) is 5.13 Å². The number of aryl methyl sites for hydroxylation is 1. The number of thiazole rings is 1. The fraction of sp³-hybridized carbons (Fsp3) is 0.500. The van der Waals surface area contributed by atoms with Gasteiger partial charge < -0.3 is 9.64 Å². The molecule has 0 unspecified atom stereocenters. The highest BCUT2D eigenvalue weighted by atomic mass is 32.1. The molecule has 0 fully saturated rings. The molecule has 0 saturated carbocycles. The highest BCUT2D eigenvalue weighted by Crippen LogP contribution is 2.20. The second kappa shape index (κ2) is 8.06. The molecule has 19 heavy (non-hydrogen) atoms. The van der Waals surface area contributed by atoms with Gasteiger partial charge in [-0.25, -0.2) is 4.98 Å². The number of anilines is 1. The third-order valence-corrected chi connectivity index (χ3v) is 3.17. The fourth-order valence-electron chi connectivity index (χ4n) is 1.38. The highest BCUT2D eigenvalue weighted by Gasteiger charge is 2.11. The summed E-state index contributed by atoms with van der Waals surface area (Å²) in [4.78, 5) is 17.1. The van der Waals surface area contributed by atoms with Crippen LogP contribution in [-0.2, 0) is 16.0 Å². The molecule has 1 heterocycles. The van der Waals surface area contributed by atoms with Gasteiger partial charge in [-0.15, -0.1) is 11.3 Å². The first-order valence-electron chi connectivity index (χ1n) is 5.80. The van der Waals surface area contributed by atoms with Gasteiger partial charge in [0.1, 0.15) is 13.1 Å². The summed E-state index contributed by atoms with van der Waals surface area (Å²) < 4.78 is 4.84. The molecule has 0 radical (unpaired) electrons. The van der Waals surface area contributed by atoms with Crippen LogP contribution in [0.1, 0.15) is 19.0 Å². The summed E-state index contributed by atoms with van der Waals surface area (Å²) in [5, 5.41) is 19.8. The van der Waals surface area contributed by atoms with Crippen molar-refractivity contribution in [3.63, 3.8) is 0 Å². The van der Waals surface area contributed by atoms with Crippen LogP contribution >= 0.6 is 11.3 Å². The molecule has 0 atom stereocenters. The Morgan fingerprint density at radius 2 is 2.16 bits per heavy atom. The molecule has 0 aliphatic heterocycles. The molecular formula is C12H14N4O2S. The molecular weight excluding hydrogens is 264 g/mol. The molecule has 6 nitrogen and oxygen atoms in total. The maximum Gasteiger partial charge on any atom is 0.306 e. The van der Waals surface area contributed by atoms with Crippen LogP contribution in [0.3, 0.4) is 0 Å². The first-order valence-corrected chi connectivity index (χ1v) is 6.68.